The molecular weight excluding hydrogens is 284 g/mol. The number of ether oxygens (including phenoxy) is 2. The summed E-state index contributed by atoms with van der Waals surface area (Å²) in [5.74, 6) is 0. The molecule has 2 aliphatic rings. The molecule has 0 bridgehead atoms. The van der Waals surface area contributed by atoms with Crippen molar-refractivity contribution in [2.75, 3.05) is 13.2 Å². The maximum atomic E-state index is 10.7. The highest BCUT2D eigenvalue weighted by Crippen LogP contribution is 2.40. The molecule has 3 rings (SSSR count). The highest BCUT2D eigenvalue weighted by Gasteiger charge is 2.32. The summed E-state index contributed by atoms with van der Waals surface area (Å²) < 4.78 is 11.4. The summed E-state index contributed by atoms with van der Waals surface area (Å²) in [4.78, 5) is 2.45. The first-order valence-corrected chi connectivity index (χ1v) is 9.13. The largest absolute Gasteiger partial charge is 0.384 e. The molecule has 4 heteroatoms. The topological polar surface area (TPSA) is 38.7 Å². The maximum Gasteiger partial charge on any atom is 0.157 e. The smallest absolute Gasteiger partial charge is 0.157 e. The molecular formula is C17H26O3S. The van der Waals surface area contributed by atoms with Crippen LogP contribution in [0.25, 0.3) is 0 Å². The van der Waals surface area contributed by atoms with E-state index in [0.29, 0.717) is 6.61 Å². The standard InChI is InChI=1S/C17H26O3S/c18-17(10-3-1-4-11-17)15-8-7-14(21-15)9-13-20-16-6-2-5-12-19-16/h7-8,16,18H,1-6,9-13H2. The lowest BCUT2D eigenvalue weighted by Gasteiger charge is -2.31. The van der Waals surface area contributed by atoms with Crippen LogP contribution in [-0.2, 0) is 21.5 Å². The molecule has 0 amide bonds. The first-order valence-electron chi connectivity index (χ1n) is 8.31. The van der Waals surface area contributed by atoms with E-state index in [9.17, 15) is 5.11 Å². The van der Waals surface area contributed by atoms with Gasteiger partial charge >= 0.3 is 0 Å². The van der Waals surface area contributed by atoms with Gasteiger partial charge in [-0.1, -0.05) is 19.3 Å². The Hall–Kier alpha value is -0.420. The van der Waals surface area contributed by atoms with Crippen molar-refractivity contribution in [1.82, 2.24) is 0 Å². The zero-order chi connectivity index (χ0) is 14.5. The van der Waals surface area contributed by atoms with Crippen molar-refractivity contribution < 1.29 is 14.6 Å². The Morgan fingerprint density at radius 2 is 2.05 bits per heavy atom. The van der Waals surface area contributed by atoms with E-state index in [4.69, 9.17) is 9.47 Å². The van der Waals surface area contributed by atoms with E-state index >= 15 is 0 Å². The maximum absolute atomic E-state index is 10.7. The van der Waals surface area contributed by atoms with Gasteiger partial charge in [-0.3, -0.25) is 0 Å². The van der Waals surface area contributed by atoms with Gasteiger partial charge in [0.05, 0.1) is 12.2 Å². The fourth-order valence-electron chi connectivity index (χ4n) is 3.28. The lowest BCUT2D eigenvalue weighted by Crippen LogP contribution is -2.27. The summed E-state index contributed by atoms with van der Waals surface area (Å²) in [6, 6.07) is 4.26. The van der Waals surface area contributed by atoms with Gasteiger partial charge in [-0.25, -0.2) is 0 Å². The molecule has 1 N–H and O–H groups in total. The third-order valence-electron chi connectivity index (χ3n) is 4.59. The molecule has 1 saturated heterocycles. The zero-order valence-electron chi connectivity index (χ0n) is 12.7. The summed E-state index contributed by atoms with van der Waals surface area (Å²) in [6.45, 7) is 1.55. The van der Waals surface area contributed by atoms with Crippen LogP contribution in [0.5, 0.6) is 0 Å². The number of rotatable bonds is 5. The summed E-state index contributed by atoms with van der Waals surface area (Å²) in [6.07, 6.45) is 9.69. The fraction of sp³-hybridized carbons (Fsp3) is 0.765. The van der Waals surface area contributed by atoms with E-state index in [1.165, 1.54) is 17.7 Å². The molecule has 1 aromatic heterocycles. The van der Waals surface area contributed by atoms with Gasteiger partial charge in [0.1, 0.15) is 0 Å². The van der Waals surface area contributed by atoms with Gasteiger partial charge in [0.2, 0.25) is 0 Å². The number of aliphatic hydroxyl groups is 1. The van der Waals surface area contributed by atoms with Gasteiger partial charge in [0, 0.05) is 22.8 Å². The van der Waals surface area contributed by atoms with Crippen molar-refractivity contribution in [3.8, 4) is 0 Å². The Labute approximate surface area is 131 Å². The van der Waals surface area contributed by atoms with Gasteiger partial charge in [-0.2, -0.15) is 0 Å². The Morgan fingerprint density at radius 3 is 2.81 bits per heavy atom. The van der Waals surface area contributed by atoms with E-state index in [2.05, 4.69) is 12.1 Å². The van der Waals surface area contributed by atoms with Crippen molar-refractivity contribution in [2.45, 2.75) is 69.7 Å². The average Bonchev–Trinajstić information content (AvgIpc) is 2.99. The minimum absolute atomic E-state index is 0.000658. The van der Waals surface area contributed by atoms with Crippen molar-refractivity contribution in [1.29, 1.82) is 0 Å². The van der Waals surface area contributed by atoms with Crippen molar-refractivity contribution in [3.05, 3.63) is 21.9 Å². The van der Waals surface area contributed by atoms with Gasteiger partial charge < -0.3 is 14.6 Å². The van der Waals surface area contributed by atoms with Crippen LogP contribution in [-0.4, -0.2) is 24.6 Å². The van der Waals surface area contributed by atoms with Crippen LogP contribution in [0.1, 0.15) is 61.1 Å². The molecule has 0 radical (unpaired) electrons. The second kappa shape index (κ2) is 7.23. The van der Waals surface area contributed by atoms with Gasteiger partial charge in [-0.15, -0.1) is 11.3 Å². The van der Waals surface area contributed by atoms with Gasteiger partial charge in [0.15, 0.2) is 6.29 Å². The van der Waals surface area contributed by atoms with E-state index in [-0.39, 0.29) is 6.29 Å². The Bertz CT molecular complexity index is 431. The van der Waals surface area contributed by atoms with E-state index in [1.807, 2.05) is 0 Å². The normalized spacial score (nSPS) is 25.9. The van der Waals surface area contributed by atoms with Gasteiger partial charge in [-0.05, 0) is 44.2 Å². The molecule has 1 unspecified atom stereocenters. The fourth-order valence-corrected chi connectivity index (χ4v) is 4.41. The SMILES string of the molecule is OC1(c2ccc(CCOC3CCCCO3)s2)CCCCC1. The van der Waals surface area contributed by atoms with E-state index in [0.717, 1.165) is 56.4 Å². The number of thiophene rings is 1. The molecule has 1 aliphatic carbocycles. The second-order valence-corrected chi connectivity index (χ2v) is 7.44. The molecule has 0 aromatic carbocycles. The minimum Gasteiger partial charge on any atom is -0.384 e. The van der Waals surface area contributed by atoms with Crippen LogP contribution in [0.4, 0.5) is 0 Å². The predicted molar refractivity (Wildman–Crippen MR) is 84.5 cm³/mol. The lowest BCUT2D eigenvalue weighted by atomic mass is 9.84. The van der Waals surface area contributed by atoms with Crippen molar-refractivity contribution >= 4 is 11.3 Å². The monoisotopic (exact) mass is 310 g/mol. The highest BCUT2D eigenvalue weighted by atomic mass is 32.1. The van der Waals surface area contributed by atoms with Crippen molar-refractivity contribution in [2.24, 2.45) is 0 Å². The molecule has 2 fully saturated rings. The second-order valence-electron chi connectivity index (χ2n) is 6.28. The van der Waals surface area contributed by atoms with Crippen LogP contribution < -0.4 is 0 Å². The van der Waals surface area contributed by atoms with Crippen LogP contribution >= 0.6 is 11.3 Å². The van der Waals surface area contributed by atoms with Gasteiger partial charge in [0.25, 0.3) is 0 Å². The van der Waals surface area contributed by atoms with Crippen LogP contribution in [0.3, 0.4) is 0 Å². The Morgan fingerprint density at radius 1 is 1.19 bits per heavy atom. The molecule has 2 heterocycles. The zero-order valence-corrected chi connectivity index (χ0v) is 13.5. The third kappa shape index (κ3) is 4.07. The highest BCUT2D eigenvalue weighted by molar-refractivity contribution is 7.12. The summed E-state index contributed by atoms with van der Waals surface area (Å²) in [5, 5.41) is 10.7. The molecule has 21 heavy (non-hydrogen) atoms. The third-order valence-corrected chi connectivity index (χ3v) is 5.93. The first-order chi connectivity index (χ1) is 10.3. The van der Waals surface area contributed by atoms with Crippen molar-refractivity contribution in [3.63, 3.8) is 0 Å². The molecule has 1 atom stereocenters. The van der Waals surface area contributed by atoms with Crippen LogP contribution in [0.15, 0.2) is 12.1 Å². The number of hydrogen-bond acceptors (Lipinski definition) is 4. The minimum atomic E-state index is -0.561. The first kappa shape index (κ1) is 15.5. The Kier molecular flexibility index (Phi) is 5.33. The molecule has 1 saturated carbocycles. The predicted octanol–water partition coefficient (Wildman–Crippen LogP) is 3.99. The summed E-state index contributed by atoms with van der Waals surface area (Å²) >= 11 is 1.75. The van der Waals surface area contributed by atoms with Crippen LogP contribution in [0.2, 0.25) is 0 Å². The van der Waals surface area contributed by atoms with E-state index < -0.39 is 5.60 Å². The number of hydrogen-bond donors (Lipinski definition) is 1. The van der Waals surface area contributed by atoms with E-state index in [1.54, 1.807) is 11.3 Å². The summed E-state index contributed by atoms with van der Waals surface area (Å²) in [5.41, 5.74) is -0.561. The molecule has 118 valence electrons. The van der Waals surface area contributed by atoms with Crippen LogP contribution in [0, 0.1) is 0 Å². The average molecular weight is 310 g/mol. The molecule has 3 nitrogen and oxygen atoms in total. The summed E-state index contributed by atoms with van der Waals surface area (Å²) in [7, 11) is 0. The quantitative estimate of drug-likeness (QED) is 0.894. The molecule has 0 spiro atoms. The molecule has 1 aromatic rings. The molecule has 1 aliphatic heterocycles. The Balaban J connectivity index is 1.48. The lowest BCUT2D eigenvalue weighted by molar-refractivity contribution is -0.161.